The fourth-order valence-electron chi connectivity index (χ4n) is 1.44. The van der Waals surface area contributed by atoms with Crippen LogP contribution in [0, 0.1) is 0 Å². The smallest absolute Gasteiger partial charge is 0.360 e. The molecule has 1 aromatic heterocycles. The Hall–Kier alpha value is -2.02. The quantitative estimate of drug-likeness (QED) is 0.906. The number of aromatic carboxylic acids is 1. The molecule has 0 amide bonds. The molecule has 2 aromatic rings. The van der Waals surface area contributed by atoms with Gasteiger partial charge in [0, 0.05) is 6.07 Å². The Labute approximate surface area is 111 Å². The molecule has 0 atom stereocenters. The summed E-state index contributed by atoms with van der Waals surface area (Å²) in [6.07, 6.45) is 1.23. The first-order valence-electron chi connectivity index (χ1n) is 4.88. The normalized spacial score (nSPS) is 10.3. The zero-order valence-electron chi connectivity index (χ0n) is 9.29. The van der Waals surface area contributed by atoms with Gasteiger partial charge in [0.2, 0.25) is 5.69 Å². The van der Waals surface area contributed by atoms with E-state index in [-0.39, 0.29) is 5.75 Å². The molecule has 0 bridgehead atoms. The zero-order valence-corrected chi connectivity index (χ0v) is 10.9. The Balaban J connectivity index is 2.49. The minimum atomic E-state index is -1.28. The van der Waals surface area contributed by atoms with Gasteiger partial charge >= 0.3 is 5.97 Å². The third kappa shape index (κ3) is 2.17. The number of aromatic nitrogens is 2. The molecule has 1 heterocycles. The summed E-state index contributed by atoms with van der Waals surface area (Å²) in [4.78, 5) is 10.8. The molecule has 18 heavy (non-hydrogen) atoms. The van der Waals surface area contributed by atoms with Crippen LogP contribution in [0.2, 0.25) is 0 Å². The second kappa shape index (κ2) is 4.69. The molecular weight excluding hydrogens is 304 g/mol. The average Bonchev–Trinajstić information content (AvgIpc) is 2.72. The number of benzene rings is 1. The molecule has 0 spiro atoms. The SMILES string of the molecule is COc1cc(-n2cc(O)c(C(=O)O)n2)ccc1Br. The van der Waals surface area contributed by atoms with Crippen molar-refractivity contribution in [2.24, 2.45) is 0 Å². The Morgan fingerprint density at radius 2 is 2.22 bits per heavy atom. The largest absolute Gasteiger partial charge is 0.504 e. The van der Waals surface area contributed by atoms with Gasteiger partial charge in [-0.3, -0.25) is 0 Å². The molecule has 0 saturated carbocycles. The van der Waals surface area contributed by atoms with Crippen LogP contribution >= 0.6 is 15.9 Å². The molecule has 0 aliphatic heterocycles. The lowest BCUT2D eigenvalue weighted by Crippen LogP contribution is -2.01. The predicted octanol–water partition coefficient (Wildman–Crippen LogP) is 2.05. The highest BCUT2D eigenvalue weighted by Crippen LogP contribution is 2.28. The van der Waals surface area contributed by atoms with E-state index >= 15 is 0 Å². The van der Waals surface area contributed by atoms with Gasteiger partial charge in [-0.1, -0.05) is 0 Å². The Morgan fingerprint density at radius 3 is 2.78 bits per heavy atom. The molecule has 2 N–H and O–H groups in total. The van der Waals surface area contributed by atoms with Gasteiger partial charge in [-0.25, -0.2) is 9.48 Å². The third-order valence-electron chi connectivity index (χ3n) is 2.30. The lowest BCUT2D eigenvalue weighted by molar-refractivity contribution is 0.0687. The van der Waals surface area contributed by atoms with E-state index in [0.717, 1.165) is 4.47 Å². The van der Waals surface area contributed by atoms with Crippen LogP contribution in [0.25, 0.3) is 5.69 Å². The van der Waals surface area contributed by atoms with Crippen LogP contribution in [0.1, 0.15) is 10.5 Å². The van der Waals surface area contributed by atoms with Crippen LogP contribution in [0.3, 0.4) is 0 Å². The Bertz CT molecular complexity index is 609. The monoisotopic (exact) mass is 312 g/mol. The van der Waals surface area contributed by atoms with Crippen molar-refractivity contribution < 1.29 is 19.7 Å². The minimum Gasteiger partial charge on any atom is -0.504 e. The van der Waals surface area contributed by atoms with Gasteiger partial charge in [0.05, 0.1) is 23.5 Å². The summed E-state index contributed by atoms with van der Waals surface area (Å²) >= 11 is 3.31. The number of carboxylic acids is 1. The van der Waals surface area contributed by atoms with Crippen molar-refractivity contribution in [3.63, 3.8) is 0 Å². The molecule has 94 valence electrons. The summed E-state index contributed by atoms with van der Waals surface area (Å²) in [5.41, 5.74) is 0.190. The number of carbonyl (C=O) groups is 1. The number of aromatic hydroxyl groups is 1. The summed E-state index contributed by atoms with van der Waals surface area (Å²) in [5.74, 6) is -1.08. The van der Waals surface area contributed by atoms with Gasteiger partial charge in [0.15, 0.2) is 5.75 Å². The molecule has 0 saturated heterocycles. The van der Waals surface area contributed by atoms with Crippen molar-refractivity contribution in [2.75, 3.05) is 7.11 Å². The molecule has 1 aromatic carbocycles. The summed E-state index contributed by atoms with van der Waals surface area (Å²) in [5, 5.41) is 22.0. The van der Waals surface area contributed by atoms with Crippen molar-refractivity contribution in [1.82, 2.24) is 9.78 Å². The maximum absolute atomic E-state index is 10.8. The predicted molar refractivity (Wildman–Crippen MR) is 66.4 cm³/mol. The van der Waals surface area contributed by atoms with Crippen molar-refractivity contribution in [2.45, 2.75) is 0 Å². The van der Waals surface area contributed by atoms with Crippen LogP contribution < -0.4 is 4.74 Å². The van der Waals surface area contributed by atoms with Gasteiger partial charge in [-0.05, 0) is 28.1 Å². The van der Waals surface area contributed by atoms with Gasteiger partial charge in [-0.2, -0.15) is 5.10 Å². The van der Waals surface area contributed by atoms with Gasteiger partial charge in [0.1, 0.15) is 5.75 Å². The van der Waals surface area contributed by atoms with Gasteiger partial charge < -0.3 is 14.9 Å². The summed E-state index contributed by atoms with van der Waals surface area (Å²) in [6, 6.07) is 5.13. The number of methoxy groups -OCH3 is 1. The number of rotatable bonds is 3. The van der Waals surface area contributed by atoms with Gasteiger partial charge in [-0.15, -0.1) is 0 Å². The Kier molecular flexibility index (Phi) is 3.24. The number of ether oxygens (including phenoxy) is 1. The summed E-state index contributed by atoms with van der Waals surface area (Å²) in [7, 11) is 1.52. The Morgan fingerprint density at radius 1 is 1.50 bits per heavy atom. The van der Waals surface area contributed by atoms with E-state index in [2.05, 4.69) is 21.0 Å². The van der Waals surface area contributed by atoms with Crippen molar-refractivity contribution in [3.05, 3.63) is 34.6 Å². The van der Waals surface area contributed by atoms with Crippen LogP contribution in [0.15, 0.2) is 28.9 Å². The first kappa shape index (κ1) is 12.4. The number of nitrogens with zero attached hydrogens (tertiary/aromatic N) is 2. The molecule has 7 heteroatoms. The highest BCUT2D eigenvalue weighted by Gasteiger charge is 2.16. The standard InChI is InChI=1S/C11H9BrN2O4/c1-18-9-4-6(2-3-7(9)12)14-5-8(15)10(13-14)11(16)17/h2-5,15H,1H3,(H,16,17). The molecule has 0 aliphatic rings. The molecule has 2 rings (SSSR count). The van der Waals surface area contributed by atoms with E-state index in [1.165, 1.54) is 18.0 Å². The maximum Gasteiger partial charge on any atom is 0.360 e. The number of halogens is 1. The molecule has 0 aliphatic carbocycles. The van der Waals surface area contributed by atoms with Crippen LogP contribution in [-0.2, 0) is 0 Å². The fourth-order valence-corrected chi connectivity index (χ4v) is 1.85. The lowest BCUT2D eigenvalue weighted by Gasteiger charge is -2.06. The van der Waals surface area contributed by atoms with Gasteiger partial charge in [0.25, 0.3) is 0 Å². The van der Waals surface area contributed by atoms with E-state index in [0.29, 0.717) is 11.4 Å². The summed E-state index contributed by atoms with van der Waals surface area (Å²) < 4.78 is 7.16. The van der Waals surface area contributed by atoms with Crippen LogP contribution in [0.4, 0.5) is 0 Å². The third-order valence-corrected chi connectivity index (χ3v) is 2.95. The van der Waals surface area contributed by atoms with Crippen LogP contribution in [0.5, 0.6) is 11.5 Å². The van der Waals surface area contributed by atoms with Crippen molar-refractivity contribution in [3.8, 4) is 17.2 Å². The average molecular weight is 313 g/mol. The van der Waals surface area contributed by atoms with E-state index in [4.69, 9.17) is 9.84 Å². The van der Waals surface area contributed by atoms with Crippen LogP contribution in [-0.4, -0.2) is 33.1 Å². The summed E-state index contributed by atoms with van der Waals surface area (Å²) in [6.45, 7) is 0. The fraction of sp³-hybridized carbons (Fsp3) is 0.0909. The highest BCUT2D eigenvalue weighted by atomic mass is 79.9. The van der Waals surface area contributed by atoms with E-state index in [9.17, 15) is 9.90 Å². The van der Waals surface area contributed by atoms with Crippen molar-refractivity contribution in [1.29, 1.82) is 0 Å². The first-order valence-corrected chi connectivity index (χ1v) is 5.68. The molecular formula is C11H9BrN2O4. The second-order valence-electron chi connectivity index (χ2n) is 3.43. The second-order valence-corrected chi connectivity index (χ2v) is 4.29. The number of hydrogen-bond acceptors (Lipinski definition) is 4. The molecule has 0 radical (unpaired) electrons. The molecule has 6 nitrogen and oxygen atoms in total. The highest BCUT2D eigenvalue weighted by molar-refractivity contribution is 9.10. The number of carboxylic acid groups (broad SMARTS) is 1. The first-order chi connectivity index (χ1) is 8.52. The van der Waals surface area contributed by atoms with E-state index in [1.807, 2.05) is 0 Å². The van der Waals surface area contributed by atoms with E-state index < -0.39 is 11.7 Å². The lowest BCUT2D eigenvalue weighted by atomic mass is 10.3. The topological polar surface area (TPSA) is 84.6 Å². The molecule has 0 unspecified atom stereocenters. The minimum absolute atomic E-state index is 0.385. The molecule has 0 fully saturated rings. The van der Waals surface area contributed by atoms with Crippen molar-refractivity contribution >= 4 is 21.9 Å². The van der Waals surface area contributed by atoms with E-state index in [1.54, 1.807) is 18.2 Å². The zero-order chi connectivity index (χ0) is 13.3. The maximum atomic E-state index is 10.8. The number of hydrogen-bond donors (Lipinski definition) is 2.